The van der Waals surface area contributed by atoms with Crippen molar-refractivity contribution in [1.29, 1.82) is 5.41 Å². The second-order valence-corrected chi connectivity index (χ2v) is 1.29. The van der Waals surface area contributed by atoms with Crippen molar-refractivity contribution in [2.75, 3.05) is 0 Å². The molecule has 0 fully saturated rings. The summed E-state index contributed by atoms with van der Waals surface area (Å²) in [6.45, 7) is 6.00. The van der Waals surface area contributed by atoms with Crippen LogP contribution >= 0.6 is 0 Å². The van der Waals surface area contributed by atoms with Gasteiger partial charge in [0.05, 0.1) is 0 Å². The van der Waals surface area contributed by atoms with E-state index >= 15 is 0 Å². The third-order valence-corrected chi connectivity index (χ3v) is 0. The minimum atomic E-state index is 0.0417. The fourth-order valence-electron chi connectivity index (χ4n) is 0. The monoisotopic (exact) mass is 151 g/mol. The van der Waals surface area contributed by atoms with Gasteiger partial charge in [-0.2, -0.15) is 0 Å². The van der Waals surface area contributed by atoms with Gasteiger partial charge in [-0.05, 0) is 0 Å². The van der Waals surface area contributed by atoms with Gasteiger partial charge in [-0.3, -0.25) is 0 Å². The van der Waals surface area contributed by atoms with E-state index in [9.17, 15) is 0 Å². The topological polar surface area (TPSA) is 49.9 Å². The molecule has 0 spiro atoms. The number of hydrogen-bond donors (Lipinski definition) is 2. The van der Waals surface area contributed by atoms with Crippen LogP contribution in [-0.4, -0.2) is 20.7 Å². The average molecular weight is 150 g/mol. The molecular formula is C3H7N2Se. The summed E-state index contributed by atoms with van der Waals surface area (Å²) in [6, 6.07) is 0. The molecular weight excluding hydrogens is 143 g/mol. The molecule has 0 aliphatic heterocycles. The van der Waals surface area contributed by atoms with Crippen LogP contribution in [0.1, 0.15) is 0 Å². The molecule has 0 unspecified atom stereocenters. The molecule has 35 valence electrons. The first-order chi connectivity index (χ1) is 2.73. The molecule has 0 bridgehead atoms. The Bertz CT molecular complexity index is 40.1. The Morgan fingerprint density at radius 3 is 1.67 bits per heavy atom. The second kappa shape index (κ2) is 8.83. The van der Waals surface area contributed by atoms with Gasteiger partial charge in [-0.15, -0.1) is 13.2 Å². The van der Waals surface area contributed by atoms with Gasteiger partial charge in [0.15, 0.2) is 0 Å². The van der Waals surface area contributed by atoms with E-state index in [1.807, 2.05) is 0 Å². The number of hydrogen-bond acceptors (Lipinski definition) is 1. The van der Waals surface area contributed by atoms with Gasteiger partial charge in [-0.1, -0.05) is 0 Å². The molecule has 0 amide bonds. The van der Waals surface area contributed by atoms with E-state index in [1.54, 1.807) is 0 Å². The van der Waals surface area contributed by atoms with Gasteiger partial charge in [0.1, 0.15) is 0 Å². The number of amidine groups is 1. The Morgan fingerprint density at radius 1 is 1.67 bits per heavy atom. The van der Waals surface area contributed by atoms with E-state index in [1.165, 1.54) is 0 Å². The molecule has 0 saturated carbocycles. The maximum atomic E-state index is 6.22. The van der Waals surface area contributed by atoms with Gasteiger partial charge in [0, 0.05) is 0 Å². The van der Waals surface area contributed by atoms with E-state index in [0.29, 0.717) is 0 Å². The molecule has 6 heavy (non-hydrogen) atoms. The van der Waals surface area contributed by atoms with Crippen LogP contribution in [0.4, 0.5) is 0 Å². The second-order valence-electron chi connectivity index (χ2n) is 0.364. The fourth-order valence-corrected chi connectivity index (χ4v) is 0. The molecule has 0 aliphatic rings. The molecule has 0 aromatic rings. The molecule has 3 heteroatoms. The van der Waals surface area contributed by atoms with Gasteiger partial charge < -0.3 is 0 Å². The molecule has 3 N–H and O–H groups in total. The molecule has 1 radical (unpaired) electrons. The van der Waals surface area contributed by atoms with Crippen molar-refractivity contribution in [1.82, 2.24) is 0 Å². The van der Waals surface area contributed by atoms with Crippen molar-refractivity contribution in [3.8, 4) is 0 Å². The summed E-state index contributed by atoms with van der Waals surface area (Å²) in [7, 11) is 0. The van der Waals surface area contributed by atoms with Crippen LogP contribution in [0.2, 0.25) is 0 Å². The predicted octanol–water partition coefficient (Wildman–Crippen LogP) is -0.149. The van der Waals surface area contributed by atoms with Crippen LogP contribution in [0.25, 0.3) is 0 Å². The van der Waals surface area contributed by atoms with Crippen LogP contribution in [0.5, 0.6) is 0 Å². The van der Waals surface area contributed by atoms with Crippen molar-refractivity contribution in [3.05, 3.63) is 13.2 Å². The third-order valence-electron chi connectivity index (χ3n) is 0. The van der Waals surface area contributed by atoms with Crippen molar-refractivity contribution >= 4 is 20.7 Å². The molecule has 2 nitrogen and oxygen atoms in total. The summed E-state index contributed by atoms with van der Waals surface area (Å²) in [6.07, 6.45) is 0. The average Bonchev–Trinajstić information content (AvgIpc) is 1.41. The zero-order valence-electron chi connectivity index (χ0n) is 3.40. The first kappa shape index (κ1) is 9.21. The number of nitrogens with one attached hydrogen (secondary N) is 1. The quantitative estimate of drug-likeness (QED) is 0.214. The summed E-state index contributed by atoms with van der Waals surface area (Å²) in [5.74, 6) is 0. The van der Waals surface area contributed by atoms with Crippen LogP contribution in [0, 0.1) is 5.41 Å². The predicted molar refractivity (Wildman–Crippen MR) is 28.9 cm³/mol. The molecule has 0 saturated heterocycles. The Morgan fingerprint density at radius 2 is 1.67 bits per heavy atom. The van der Waals surface area contributed by atoms with Crippen molar-refractivity contribution in [2.45, 2.75) is 0 Å². The standard InChI is InChI=1S/C2H4.CH3N2Se/c1-2;2-1(3)4/h1-2H2;(H3,2,3). The summed E-state index contributed by atoms with van der Waals surface area (Å²) in [5, 5.41) is 6.22. The third kappa shape index (κ3) is 380. The zero-order chi connectivity index (χ0) is 5.58. The van der Waals surface area contributed by atoms with E-state index < -0.39 is 0 Å². The number of rotatable bonds is 0. The number of nitrogens with two attached hydrogens (primary N) is 1. The minimum absolute atomic E-state index is 0.0417. The van der Waals surface area contributed by atoms with Crippen molar-refractivity contribution in [3.63, 3.8) is 0 Å². The van der Waals surface area contributed by atoms with Crippen LogP contribution in [-0.2, 0) is 0 Å². The molecule has 0 atom stereocenters. The summed E-state index contributed by atoms with van der Waals surface area (Å²) in [4.78, 5) is 0. The molecule has 0 heterocycles. The molecule has 0 rings (SSSR count). The van der Waals surface area contributed by atoms with E-state index in [4.69, 9.17) is 5.41 Å². The zero-order valence-corrected chi connectivity index (χ0v) is 5.11. The van der Waals surface area contributed by atoms with Crippen LogP contribution in [0.15, 0.2) is 13.2 Å². The van der Waals surface area contributed by atoms with E-state index in [-0.39, 0.29) is 4.73 Å². The van der Waals surface area contributed by atoms with Crippen LogP contribution < -0.4 is 5.73 Å². The van der Waals surface area contributed by atoms with E-state index in [0.717, 1.165) is 0 Å². The normalized spacial score (nSPS) is 4.67. The van der Waals surface area contributed by atoms with Crippen LogP contribution in [0.3, 0.4) is 0 Å². The van der Waals surface area contributed by atoms with Crippen molar-refractivity contribution < 1.29 is 0 Å². The van der Waals surface area contributed by atoms with E-state index in [2.05, 4.69) is 34.9 Å². The Kier molecular flexibility index (Phi) is 13.6. The first-order valence-corrected chi connectivity index (χ1v) is 2.10. The van der Waals surface area contributed by atoms with Crippen molar-refractivity contribution in [2.24, 2.45) is 5.73 Å². The Labute approximate surface area is 45.7 Å². The Hall–Kier alpha value is -0.271. The molecule has 0 aromatic carbocycles. The van der Waals surface area contributed by atoms with Gasteiger partial charge in [0.2, 0.25) is 0 Å². The Balaban J connectivity index is 0. The molecule has 0 aromatic heterocycles. The van der Waals surface area contributed by atoms with Gasteiger partial charge in [0.25, 0.3) is 0 Å². The SMILES string of the molecule is C=C.N=C(N)[Se]. The summed E-state index contributed by atoms with van der Waals surface area (Å²) < 4.78 is 0.0417. The molecule has 0 aliphatic carbocycles. The maximum absolute atomic E-state index is 6.22. The fraction of sp³-hybridized carbons (Fsp3) is 0. The summed E-state index contributed by atoms with van der Waals surface area (Å²) >= 11 is 2.26. The summed E-state index contributed by atoms with van der Waals surface area (Å²) in [5.41, 5.74) is 4.64. The van der Waals surface area contributed by atoms with Gasteiger partial charge in [-0.25, -0.2) is 0 Å². The first-order valence-electron chi connectivity index (χ1n) is 1.24. The van der Waals surface area contributed by atoms with Gasteiger partial charge >= 0.3 is 31.9 Å².